The van der Waals surface area contributed by atoms with Crippen LogP contribution in [-0.4, -0.2) is 34.6 Å². The molecule has 4 fully saturated rings. The summed E-state index contributed by atoms with van der Waals surface area (Å²) < 4.78 is 11.8. The summed E-state index contributed by atoms with van der Waals surface area (Å²) in [5, 5.41) is 14.2. The van der Waals surface area contributed by atoms with Crippen LogP contribution >= 0.6 is 0 Å². The fraction of sp³-hybridized carbons (Fsp3) is 0.903. The molecule has 0 amide bonds. The summed E-state index contributed by atoms with van der Waals surface area (Å²) in [6.07, 6.45) is 11.0. The van der Waals surface area contributed by atoms with Gasteiger partial charge in [-0.2, -0.15) is 0 Å². The van der Waals surface area contributed by atoms with E-state index in [1.165, 1.54) is 52.4 Å². The van der Waals surface area contributed by atoms with Gasteiger partial charge in [0.15, 0.2) is 5.60 Å². The van der Waals surface area contributed by atoms with Gasteiger partial charge in [-0.15, -0.1) is 0 Å². The first-order valence-electron chi connectivity index (χ1n) is 15.0. The van der Waals surface area contributed by atoms with Crippen LogP contribution in [0, 0.1) is 46.3 Å². The van der Waals surface area contributed by atoms with Gasteiger partial charge in [0.05, 0.1) is 0 Å². The minimum absolute atomic E-state index is 0.311. The Labute approximate surface area is 224 Å². The second kappa shape index (κ2) is 10.5. The molecule has 37 heavy (non-hydrogen) atoms. The molecular formula is C31H51NO5. The highest BCUT2D eigenvalue weighted by Gasteiger charge is 2.69. The van der Waals surface area contributed by atoms with E-state index in [0.29, 0.717) is 41.7 Å². The number of fused-ring (bicyclic) bond motifs is 5. The molecule has 0 aliphatic heterocycles. The predicted molar refractivity (Wildman–Crippen MR) is 144 cm³/mol. The lowest BCUT2D eigenvalue weighted by atomic mass is 9.42. The number of hydrogen-bond donors (Lipinski definition) is 1. The smallest absolute Gasteiger partial charge is 0.303 e. The first-order valence-corrected chi connectivity index (χ1v) is 15.0. The van der Waals surface area contributed by atoms with E-state index >= 15 is 0 Å². The Kier molecular flexibility index (Phi) is 8.08. The van der Waals surface area contributed by atoms with Gasteiger partial charge < -0.3 is 14.7 Å². The van der Waals surface area contributed by atoms with E-state index in [-0.39, 0.29) is 23.5 Å². The normalized spacial score (nSPS) is 43.0. The monoisotopic (exact) mass is 517 g/mol. The Hall–Kier alpha value is -1.59. The molecule has 0 bridgehead atoms. The average Bonchev–Trinajstić information content (AvgIpc) is 3.15. The minimum atomic E-state index is -1.02. The lowest BCUT2D eigenvalue weighted by Gasteiger charge is -2.64. The van der Waals surface area contributed by atoms with Gasteiger partial charge >= 0.3 is 11.9 Å². The minimum Gasteiger partial charge on any atom is -0.462 e. The molecule has 6 nitrogen and oxygen atoms in total. The van der Waals surface area contributed by atoms with Crippen molar-refractivity contribution in [3.63, 3.8) is 0 Å². The molecular weight excluding hydrogens is 466 g/mol. The van der Waals surface area contributed by atoms with Crippen LogP contribution in [0.5, 0.6) is 0 Å². The Morgan fingerprint density at radius 3 is 2.35 bits per heavy atom. The predicted octanol–water partition coefficient (Wildman–Crippen LogP) is 7.17. The summed E-state index contributed by atoms with van der Waals surface area (Å²) in [5.74, 6) is 2.96. The van der Waals surface area contributed by atoms with Crippen LogP contribution in [0.3, 0.4) is 0 Å². The zero-order valence-corrected chi connectivity index (χ0v) is 24.3. The van der Waals surface area contributed by atoms with Crippen LogP contribution in [0.25, 0.3) is 0 Å². The summed E-state index contributed by atoms with van der Waals surface area (Å²) >= 11 is 0. The maximum absolute atomic E-state index is 12.5. The molecule has 0 heterocycles. The van der Waals surface area contributed by atoms with E-state index in [9.17, 15) is 14.8 Å². The lowest BCUT2D eigenvalue weighted by molar-refractivity contribution is -0.204. The van der Waals surface area contributed by atoms with Crippen molar-refractivity contribution >= 4 is 17.7 Å². The summed E-state index contributed by atoms with van der Waals surface area (Å²) in [4.78, 5) is 24.3. The van der Waals surface area contributed by atoms with Crippen LogP contribution in [0.15, 0.2) is 5.16 Å². The Morgan fingerprint density at radius 1 is 1.00 bits per heavy atom. The SMILES string of the molecule is CC(=O)O[C@H]1CC[C@]2(C)[C@H]3CC[C@]4(C)[C@@H]([C@H](C)CCCC(C)C)CC[C@H]4[C@@H]3C/C(=N\O)[C@]2(OC(C)=O)C1. The molecule has 0 saturated heterocycles. The van der Waals surface area contributed by atoms with Crippen molar-refractivity contribution in [2.45, 2.75) is 131 Å². The highest BCUT2D eigenvalue weighted by Crippen LogP contribution is 2.69. The third-order valence-electron chi connectivity index (χ3n) is 11.5. The van der Waals surface area contributed by atoms with Gasteiger partial charge in [-0.1, -0.05) is 59.0 Å². The maximum atomic E-state index is 12.5. The van der Waals surface area contributed by atoms with Crippen molar-refractivity contribution in [2.24, 2.45) is 51.5 Å². The van der Waals surface area contributed by atoms with Crippen LogP contribution in [-0.2, 0) is 19.1 Å². The zero-order chi connectivity index (χ0) is 27.2. The number of esters is 2. The molecule has 4 aliphatic rings. The first kappa shape index (κ1) is 28.4. The fourth-order valence-electron chi connectivity index (χ4n) is 9.95. The Bertz CT molecular complexity index is 900. The van der Waals surface area contributed by atoms with Crippen molar-refractivity contribution in [3.05, 3.63) is 0 Å². The van der Waals surface area contributed by atoms with Gasteiger partial charge in [0, 0.05) is 25.7 Å². The summed E-state index contributed by atoms with van der Waals surface area (Å²) in [6.45, 7) is 14.8. The lowest BCUT2D eigenvalue weighted by Crippen LogP contribution is -2.68. The highest BCUT2D eigenvalue weighted by molar-refractivity contribution is 5.96. The molecule has 0 aromatic carbocycles. The third kappa shape index (κ3) is 4.84. The largest absolute Gasteiger partial charge is 0.462 e. The zero-order valence-electron chi connectivity index (χ0n) is 24.3. The van der Waals surface area contributed by atoms with E-state index in [0.717, 1.165) is 37.0 Å². The Balaban J connectivity index is 1.63. The molecule has 0 spiro atoms. The summed E-state index contributed by atoms with van der Waals surface area (Å²) in [7, 11) is 0. The van der Waals surface area contributed by atoms with Crippen molar-refractivity contribution < 1.29 is 24.3 Å². The number of rotatable bonds is 7. The van der Waals surface area contributed by atoms with Gasteiger partial charge in [0.25, 0.3) is 0 Å². The molecule has 210 valence electrons. The third-order valence-corrected chi connectivity index (χ3v) is 11.5. The second-order valence-corrected chi connectivity index (χ2v) is 14.0. The van der Waals surface area contributed by atoms with Gasteiger partial charge in [0.2, 0.25) is 0 Å². The Morgan fingerprint density at radius 2 is 1.73 bits per heavy atom. The molecule has 0 radical (unpaired) electrons. The molecule has 0 aromatic heterocycles. The van der Waals surface area contributed by atoms with Crippen LogP contribution in [0.1, 0.15) is 119 Å². The van der Waals surface area contributed by atoms with Crippen molar-refractivity contribution in [1.29, 1.82) is 0 Å². The second-order valence-electron chi connectivity index (χ2n) is 14.0. The molecule has 4 rings (SSSR count). The first-order chi connectivity index (χ1) is 17.4. The van der Waals surface area contributed by atoms with Gasteiger partial charge in [0.1, 0.15) is 11.8 Å². The maximum Gasteiger partial charge on any atom is 0.303 e. The number of nitrogens with zero attached hydrogens (tertiary/aromatic N) is 1. The van der Waals surface area contributed by atoms with E-state index in [1.807, 2.05) is 0 Å². The van der Waals surface area contributed by atoms with Crippen molar-refractivity contribution in [3.8, 4) is 0 Å². The van der Waals surface area contributed by atoms with Gasteiger partial charge in [-0.25, -0.2) is 0 Å². The van der Waals surface area contributed by atoms with E-state index in [1.54, 1.807) is 0 Å². The number of carbonyl (C=O) groups excluding carboxylic acids is 2. The van der Waals surface area contributed by atoms with Crippen LogP contribution < -0.4 is 0 Å². The molecule has 1 N–H and O–H groups in total. The van der Waals surface area contributed by atoms with Crippen molar-refractivity contribution in [1.82, 2.24) is 0 Å². The topological polar surface area (TPSA) is 85.2 Å². The highest BCUT2D eigenvalue weighted by atomic mass is 16.6. The van der Waals surface area contributed by atoms with Crippen LogP contribution in [0.4, 0.5) is 0 Å². The number of carbonyl (C=O) groups is 2. The molecule has 0 unspecified atom stereocenters. The molecule has 4 saturated carbocycles. The molecule has 6 heteroatoms. The van der Waals surface area contributed by atoms with Crippen molar-refractivity contribution in [2.75, 3.05) is 0 Å². The van der Waals surface area contributed by atoms with Gasteiger partial charge in [-0.05, 0) is 85.9 Å². The molecule has 9 atom stereocenters. The van der Waals surface area contributed by atoms with Crippen LogP contribution in [0.2, 0.25) is 0 Å². The number of oxime groups is 1. The summed E-state index contributed by atoms with van der Waals surface area (Å²) in [5.41, 5.74) is -0.474. The average molecular weight is 518 g/mol. The fourth-order valence-corrected chi connectivity index (χ4v) is 9.95. The van der Waals surface area contributed by atoms with E-state index in [4.69, 9.17) is 9.47 Å². The molecule has 4 aliphatic carbocycles. The van der Waals surface area contributed by atoms with E-state index in [2.05, 4.69) is 39.8 Å². The van der Waals surface area contributed by atoms with E-state index < -0.39 is 5.60 Å². The molecule has 0 aromatic rings. The van der Waals surface area contributed by atoms with Gasteiger partial charge in [-0.3, -0.25) is 9.59 Å². The quantitative estimate of drug-likeness (QED) is 0.220. The summed E-state index contributed by atoms with van der Waals surface area (Å²) in [6, 6.07) is 0. The number of ether oxygens (including phenoxy) is 2. The number of hydrogen-bond acceptors (Lipinski definition) is 6. The standard InChI is InChI=1S/C31H51NO5/c1-19(2)9-8-10-20(3)25-11-12-26-24-17-28(32-35)31(37-22(5)34)18-23(36-21(4)33)13-16-30(31,7)27(24)14-15-29(25,26)6/h19-20,23-27,35H,8-18H2,1-7H3/b32-28+/t20-,23+,24+,25-,26+,27+,29-,30-,31-/m1/s1.